The van der Waals surface area contributed by atoms with Gasteiger partial charge in [0.15, 0.2) is 6.04 Å². The molecule has 0 saturated heterocycles. The zero-order valence-corrected chi connectivity index (χ0v) is 20.0. The van der Waals surface area contributed by atoms with Gasteiger partial charge in [-0.2, -0.15) is 0 Å². The van der Waals surface area contributed by atoms with Crippen LogP contribution in [-0.2, 0) is 35.2 Å². The topological polar surface area (TPSA) is 277 Å². The number of nitrogens with two attached hydrogens (primary N) is 3. The number of carboxylic acid groups (broad SMARTS) is 1. The van der Waals surface area contributed by atoms with Gasteiger partial charge in [0.05, 0.1) is 18.6 Å². The average Bonchev–Trinajstić information content (AvgIpc) is 2.80. The molecule has 0 aliphatic rings. The van der Waals surface area contributed by atoms with Gasteiger partial charge >= 0.3 is 5.97 Å². The molecular formula is C22H32N6O9. The van der Waals surface area contributed by atoms with E-state index in [1.807, 2.05) is 0 Å². The summed E-state index contributed by atoms with van der Waals surface area (Å²) in [6, 6.07) is -0.390. The fourth-order valence-electron chi connectivity index (χ4n) is 3.11. The molecule has 37 heavy (non-hydrogen) atoms. The second-order valence-corrected chi connectivity index (χ2v) is 8.34. The number of carbonyl (C=O) groups is 6. The van der Waals surface area contributed by atoms with Crippen LogP contribution in [0.15, 0.2) is 24.3 Å². The summed E-state index contributed by atoms with van der Waals surface area (Å²) >= 11 is 0. The molecule has 5 atom stereocenters. The van der Waals surface area contributed by atoms with Crippen LogP contribution in [0.5, 0.6) is 5.75 Å². The largest absolute Gasteiger partial charge is 0.508 e. The highest BCUT2D eigenvalue weighted by atomic mass is 16.4. The second-order valence-electron chi connectivity index (χ2n) is 8.34. The van der Waals surface area contributed by atoms with Gasteiger partial charge in [-0.15, -0.1) is 0 Å². The van der Waals surface area contributed by atoms with E-state index in [9.17, 15) is 44.1 Å². The van der Waals surface area contributed by atoms with Crippen LogP contribution in [0.3, 0.4) is 0 Å². The predicted octanol–water partition coefficient (Wildman–Crippen LogP) is -3.68. The molecule has 204 valence electrons. The normalized spacial score (nSPS) is 14.8. The molecule has 15 heteroatoms. The van der Waals surface area contributed by atoms with Crippen molar-refractivity contribution in [1.82, 2.24) is 16.0 Å². The van der Waals surface area contributed by atoms with Gasteiger partial charge in [-0.05, 0) is 31.0 Å². The Morgan fingerprint density at radius 1 is 0.865 bits per heavy atom. The third-order valence-corrected chi connectivity index (χ3v) is 5.13. The Hall–Kier alpha value is -4.24. The monoisotopic (exact) mass is 524 g/mol. The number of hydrogen-bond donors (Lipinski definition) is 9. The number of primary amides is 2. The van der Waals surface area contributed by atoms with E-state index < -0.39 is 72.2 Å². The van der Waals surface area contributed by atoms with Crippen molar-refractivity contribution >= 4 is 35.5 Å². The number of amides is 5. The third kappa shape index (κ3) is 10.9. The first kappa shape index (κ1) is 30.8. The van der Waals surface area contributed by atoms with Gasteiger partial charge in [-0.1, -0.05) is 12.1 Å². The molecule has 5 amide bonds. The molecule has 0 radical (unpaired) electrons. The highest BCUT2D eigenvalue weighted by Crippen LogP contribution is 2.12. The number of nitrogens with one attached hydrogen (secondary N) is 3. The van der Waals surface area contributed by atoms with Crippen molar-refractivity contribution in [3.8, 4) is 5.75 Å². The van der Waals surface area contributed by atoms with E-state index in [0.717, 1.165) is 6.92 Å². The summed E-state index contributed by atoms with van der Waals surface area (Å²) in [7, 11) is 0. The number of carbonyl (C=O) groups excluding carboxylic acids is 5. The summed E-state index contributed by atoms with van der Waals surface area (Å²) in [6.45, 7) is 1.15. The Morgan fingerprint density at radius 3 is 1.89 bits per heavy atom. The highest BCUT2D eigenvalue weighted by Gasteiger charge is 2.32. The lowest BCUT2D eigenvalue weighted by Crippen LogP contribution is -2.59. The first-order valence-corrected chi connectivity index (χ1v) is 11.1. The summed E-state index contributed by atoms with van der Waals surface area (Å²) in [5, 5.41) is 35.1. The summed E-state index contributed by atoms with van der Waals surface area (Å²) in [5.41, 5.74) is 16.3. The average molecular weight is 525 g/mol. The Labute approximate surface area is 211 Å². The van der Waals surface area contributed by atoms with Crippen LogP contribution in [0, 0.1) is 0 Å². The van der Waals surface area contributed by atoms with Crippen LogP contribution in [0.4, 0.5) is 0 Å². The van der Waals surface area contributed by atoms with E-state index in [4.69, 9.17) is 17.2 Å². The summed E-state index contributed by atoms with van der Waals surface area (Å²) in [5.74, 6) is -6.15. The Bertz CT molecular complexity index is 999. The molecule has 0 heterocycles. The van der Waals surface area contributed by atoms with Crippen LogP contribution < -0.4 is 33.2 Å². The molecule has 0 spiro atoms. The number of hydrogen-bond acceptors (Lipinski definition) is 9. The van der Waals surface area contributed by atoms with Gasteiger partial charge in [0.25, 0.3) is 0 Å². The SMILES string of the molecule is CC(O)C(NC(=O)C(Cc1ccc(O)cc1)NC(=O)C(CC(N)=O)NC(=O)C(N)CCC(N)=O)C(=O)O. The van der Waals surface area contributed by atoms with Crippen LogP contribution in [-0.4, -0.2) is 81.1 Å². The van der Waals surface area contributed by atoms with Crippen LogP contribution in [0.25, 0.3) is 0 Å². The molecule has 0 aliphatic carbocycles. The van der Waals surface area contributed by atoms with Gasteiger partial charge in [0, 0.05) is 12.8 Å². The number of aliphatic hydroxyl groups excluding tert-OH is 1. The predicted molar refractivity (Wildman–Crippen MR) is 127 cm³/mol. The highest BCUT2D eigenvalue weighted by molar-refractivity contribution is 5.96. The number of benzene rings is 1. The standard InChI is InChI=1S/C22H32N6O9/c1-10(29)18(22(36)37)28-21(35)14(8-11-2-4-12(30)5-3-11)27-20(34)15(9-17(25)32)26-19(33)13(23)6-7-16(24)31/h2-5,10,13-15,18,29-30H,6-9,23H2,1H3,(H2,24,31)(H2,25,32)(H,26,33)(H,27,34)(H,28,35)(H,36,37). The number of phenolic OH excluding ortho intramolecular Hbond substituents is 1. The number of aromatic hydroxyl groups is 1. The fourth-order valence-corrected chi connectivity index (χ4v) is 3.11. The molecule has 12 N–H and O–H groups in total. The van der Waals surface area contributed by atoms with Crippen LogP contribution in [0.2, 0.25) is 0 Å². The summed E-state index contributed by atoms with van der Waals surface area (Å²) in [4.78, 5) is 72.1. The van der Waals surface area contributed by atoms with Crippen molar-refractivity contribution in [3.63, 3.8) is 0 Å². The number of aliphatic carboxylic acids is 1. The maximum atomic E-state index is 13.0. The number of rotatable bonds is 15. The van der Waals surface area contributed by atoms with E-state index in [-0.39, 0.29) is 25.0 Å². The van der Waals surface area contributed by atoms with Crippen molar-refractivity contribution < 1.29 is 44.1 Å². The molecule has 0 saturated carbocycles. The first-order chi connectivity index (χ1) is 17.2. The Balaban J connectivity index is 3.14. The molecule has 15 nitrogen and oxygen atoms in total. The zero-order chi connectivity index (χ0) is 28.3. The minimum absolute atomic E-state index is 0.0641. The number of phenols is 1. The number of aliphatic hydroxyl groups is 1. The molecular weight excluding hydrogens is 492 g/mol. The summed E-state index contributed by atoms with van der Waals surface area (Å²) in [6.07, 6.45) is -2.67. The molecule has 0 bridgehead atoms. The maximum absolute atomic E-state index is 13.0. The van der Waals surface area contributed by atoms with Gasteiger partial charge in [0.1, 0.15) is 17.8 Å². The molecule has 0 fully saturated rings. The van der Waals surface area contributed by atoms with E-state index in [1.165, 1.54) is 24.3 Å². The number of carboxylic acids is 1. The van der Waals surface area contributed by atoms with Gasteiger partial charge in [0.2, 0.25) is 29.5 Å². The maximum Gasteiger partial charge on any atom is 0.328 e. The molecule has 1 rings (SSSR count). The van der Waals surface area contributed by atoms with Crippen LogP contribution >= 0.6 is 0 Å². The zero-order valence-electron chi connectivity index (χ0n) is 20.0. The lowest BCUT2D eigenvalue weighted by Gasteiger charge is -2.25. The van der Waals surface area contributed by atoms with Crippen molar-refractivity contribution in [2.45, 2.75) is 62.9 Å². The van der Waals surface area contributed by atoms with E-state index >= 15 is 0 Å². The first-order valence-electron chi connectivity index (χ1n) is 11.1. The Kier molecular flexibility index (Phi) is 11.9. The van der Waals surface area contributed by atoms with Crippen molar-refractivity contribution in [2.75, 3.05) is 0 Å². The smallest absolute Gasteiger partial charge is 0.328 e. The quantitative estimate of drug-likeness (QED) is 0.108. The van der Waals surface area contributed by atoms with E-state index in [1.54, 1.807) is 0 Å². The molecule has 0 aromatic heterocycles. The van der Waals surface area contributed by atoms with E-state index in [0.29, 0.717) is 5.56 Å². The van der Waals surface area contributed by atoms with Crippen LogP contribution in [0.1, 0.15) is 31.7 Å². The van der Waals surface area contributed by atoms with Crippen molar-refractivity contribution in [3.05, 3.63) is 29.8 Å². The van der Waals surface area contributed by atoms with E-state index in [2.05, 4.69) is 16.0 Å². The second kappa shape index (κ2) is 14.4. The van der Waals surface area contributed by atoms with Gasteiger partial charge in [-0.25, -0.2) is 4.79 Å². The third-order valence-electron chi connectivity index (χ3n) is 5.13. The molecule has 5 unspecified atom stereocenters. The lowest BCUT2D eigenvalue weighted by molar-refractivity contribution is -0.145. The fraction of sp³-hybridized carbons (Fsp3) is 0.455. The van der Waals surface area contributed by atoms with Gasteiger partial charge in [-0.3, -0.25) is 24.0 Å². The molecule has 1 aromatic rings. The Morgan fingerprint density at radius 2 is 1.41 bits per heavy atom. The van der Waals surface area contributed by atoms with Gasteiger partial charge < -0.3 is 48.5 Å². The molecule has 0 aliphatic heterocycles. The lowest BCUT2D eigenvalue weighted by atomic mass is 10.0. The summed E-state index contributed by atoms with van der Waals surface area (Å²) < 4.78 is 0. The minimum atomic E-state index is -1.70. The van der Waals surface area contributed by atoms with Crippen molar-refractivity contribution in [2.24, 2.45) is 17.2 Å². The van der Waals surface area contributed by atoms with Crippen molar-refractivity contribution in [1.29, 1.82) is 0 Å². The molecule has 1 aromatic carbocycles. The minimum Gasteiger partial charge on any atom is -0.508 e.